The van der Waals surface area contributed by atoms with Gasteiger partial charge in [0.1, 0.15) is 11.3 Å². The largest absolute Gasteiger partial charge is 0.508 e. The number of phenolic OH excluding ortho intramolecular Hbond substituents is 1. The molecular formula is C24H24ClN3O4S. The third-order valence-corrected chi connectivity index (χ3v) is 6.67. The number of aromatic nitrogens is 3. The van der Waals surface area contributed by atoms with E-state index in [2.05, 4.69) is 10.2 Å². The van der Waals surface area contributed by atoms with Crippen molar-refractivity contribution < 1.29 is 14.3 Å². The van der Waals surface area contributed by atoms with Crippen molar-refractivity contribution in [2.45, 2.75) is 37.2 Å². The summed E-state index contributed by atoms with van der Waals surface area (Å²) in [5, 5.41) is 21.1. The number of fused-ring (bicyclic) bond motifs is 1. The summed E-state index contributed by atoms with van der Waals surface area (Å²) in [6, 6.07) is 12.4. The number of hydrogen-bond donors (Lipinski definition) is 1. The van der Waals surface area contributed by atoms with E-state index in [4.69, 9.17) is 20.8 Å². The van der Waals surface area contributed by atoms with Gasteiger partial charge in [-0.25, -0.2) is 4.79 Å². The van der Waals surface area contributed by atoms with Crippen LogP contribution in [0.4, 0.5) is 0 Å². The molecule has 4 aromatic rings. The summed E-state index contributed by atoms with van der Waals surface area (Å²) in [5.41, 5.74) is 2.33. The van der Waals surface area contributed by atoms with E-state index in [0.29, 0.717) is 41.8 Å². The number of phenols is 1. The lowest BCUT2D eigenvalue weighted by molar-refractivity contribution is 0.189. The third kappa shape index (κ3) is 5.08. The Labute approximate surface area is 200 Å². The van der Waals surface area contributed by atoms with Crippen molar-refractivity contribution in [1.29, 1.82) is 0 Å². The quantitative estimate of drug-likeness (QED) is 0.195. The highest BCUT2D eigenvalue weighted by Gasteiger charge is 2.18. The highest BCUT2D eigenvalue weighted by atomic mass is 35.5. The van der Waals surface area contributed by atoms with Gasteiger partial charge in [0.2, 0.25) is 0 Å². The molecule has 0 aliphatic heterocycles. The third-order valence-electron chi connectivity index (χ3n) is 5.33. The lowest BCUT2D eigenvalue weighted by Crippen LogP contribution is -2.06. The molecule has 33 heavy (non-hydrogen) atoms. The van der Waals surface area contributed by atoms with E-state index in [0.717, 1.165) is 33.7 Å². The van der Waals surface area contributed by atoms with E-state index in [9.17, 15) is 9.90 Å². The highest BCUT2D eigenvalue weighted by molar-refractivity contribution is 7.98. The summed E-state index contributed by atoms with van der Waals surface area (Å²) >= 11 is 7.90. The Balaban J connectivity index is 1.69. The van der Waals surface area contributed by atoms with Crippen molar-refractivity contribution >= 4 is 34.3 Å². The Morgan fingerprint density at radius 2 is 2.00 bits per heavy atom. The van der Waals surface area contributed by atoms with E-state index >= 15 is 0 Å². The first-order valence-electron chi connectivity index (χ1n) is 10.6. The van der Waals surface area contributed by atoms with Gasteiger partial charge in [0, 0.05) is 49.1 Å². The topological polar surface area (TPSA) is 90.4 Å². The van der Waals surface area contributed by atoms with Crippen molar-refractivity contribution in [1.82, 2.24) is 14.8 Å². The second kappa shape index (κ2) is 10.4. The molecule has 0 saturated heterocycles. The first kappa shape index (κ1) is 23.4. The van der Waals surface area contributed by atoms with E-state index < -0.39 is 5.63 Å². The molecule has 0 aliphatic rings. The standard InChI is InChI=1S/C24H24ClN3O4S/c1-3-15-11-18-16(12-22(30)32-21(18)13-20(15)29)14-33-24-27-26-23(28(24)9-6-10-31-2)17-7-4-5-8-19(17)25/h4-5,7-8,11-13,29H,3,6,9-10,14H2,1-2H3. The Hall–Kier alpha value is -2.81. The Bertz CT molecular complexity index is 1340. The molecule has 0 aliphatic carbocycles. The van der Waals surface area contributed by atoms with E-state index in [1.807, 2.05) is 41.8 Å². The molecule has 0 spiro atoms. The first-order valence-corrected chi connectivity index (χ1v) is 12.0. The molecule has 172 valence electrons. The monoisotopic (exact) mass is 485 g/mol. The molecule has 2 heterocycles. The molecule has 4 rings (SSSR count). The first-order chi connectivity index (χ1) is 16.0. The number of benzene rings is 2. The molecule has 1 N–H and O–H groups in total. The molecular weight excluding hydrogens is 462 g/mol. The molecule has 0 bridgehead atoms. The van der Waals surface area contributed by atoms with Crippen LogP contribution in [0.2, 0.25) is 5.02 Å². The van der Waals surface area contributed by atoms with Crippen LogP contribution in [0, 0.1) is 0 Å². The lowest BCUT2D eigenvalue weighted by Gasteiger charge is -2.12. The molecule has 0 unspecified atom stereocenters. The van der Waals surface area contributed by atoms with Crippen molar-refractivity contribution in [2.24, 2.45) is 0 Å². The predicted molar refractivity (Wildman–Crippen MR) is 130 cm³/mol. The van der Waals surface area contributed by atoms with Crippen LogP contribution >= 0.6 is 23.4 Å². The number of thioether (sulfide) groups is 1. The summed E-state index contributed by atoms with van der Waals surface area (Å²) in [4.78, 5) is 12.1. The average molecular weight is 486 g/mol. The number of aromatic hydroxyl groups is 1. The van der Waals surface area contributed by atoms with Crippen molar-refractivity contribution in [3.8, 4) is 17.1 Å². The van der Waals surface area contributed by atoms with Crippen LogP contribution < -0.4 is 5.63 Å². The number of rotatable bonds is 9. The minimum Gasteiger partial charge on any atom is -0.508 e. The van der Waals surface area contributed by atoms with E-state index in [1.165, 1.54) is 23.9 Å². The molecule has 7 nitrogen and oxygen atoms in total. The maximum atomic E-state index is 12.1. The molecule has 0 saturated carbocycles. The molecule has 0 fully saturated rings. The van der Waals surface area contributed by atoms with Crippen LogP contribution in [0.3, 0.4) is 0 Å². The van der Waals surface area contributed by atoms with E-state index in [1.54, 1.807) is 7.11 Å². The van der Waals surface area contributed by atoms with Crippen LogP contribution in [-0.2, 0) is 23.5 Å². The maximum absolute atomic E-state index is 12.1. The number of ether oxygens (including phenoxy) is 1. The number of halogens is 1. The normalized spacial score (nSPS) is 11.4. The summed E-state index contributed by atoms with van der Waals surface area (Å²) in [6.45, 7) is 3.24. The van der Waals surface area contributed by atoms with Gasteiger partial charge in [-0.3, -0.25) is 0 Å². The summed E-state index contributed by atoms with van der Waals surface area (Å²) in [7, 11) is 1.67. The van der Waals surface area contributed by atoms with Gasteiger partial charge >= 0.3 is 5.63 Å². The second-order valence-electron chi connectivity index (χ2n) is 7.49. The van der Waals surface area contributed by atoms with Crippen molar-refractivity contribution in [3.05, 3.63) is 69.0 Å². The molecule has 9 heteroatoms. The Morgan fingerprint density at radius 1 is 1.18 bits per heavy atom. The minimum atomic E-state index is -0.458. The summed E-state index contributed by atoms with van der Waals surface area (Å²) in [6.07, 6.45) is 1.46. The van der Waals surface area contributed by atoms with Crippen molar-refractivity contribution in [3.63, 3.8) is 0 Å². The number of hydrogen-bond acceptors (Lipinski definition) is 7. The van der Waals surface area contributed by atoms with Gasteiger partial charge in [0.25, 0.3) is 0 Å². The van der Waals surface area contributed by atoms with Crippen LogP contribution in [0.25, 0.3) is 22.4 Å². The number of aryl methyl sites for hydroxylation is 1. The summed E-state index contributed by atoms with van der Waals surface area (Å²) in [5.74, 6) is 1.30. The molecule has 2 aromatic heterocycles. The van der Waals surface area contributed by atoms with Crippen LogP contribution in [0.15, 0.2) is 56.8 Å². The fourth-order valence-corrected chi connectivity index (χ4v) is 4.83. The molecule has 0 radical (unpaired) electrons. The Kier molecular flexibility index (Phi) is 7.37. The van der Waals surface area contributed by atoms with Gasteiger partial charge in [0.15, 0.2) is 11.0 Å². The number of methoxy groups -OCH3 is 1. The predicted octanol–water partition coefficient (Wildman–Crippen LogP) is 5.30. The smallest absolute Gasteiger partial charge is 0.336 e. The minimum absolute atomic E-state index is 0.125. The van der Waals surface area contributed by atoms with E-state index in [-0.39, 0.29) is 5.75 Å². The zero-order valence-electron chi connectivity index (χ0n) is 18.4. The van der Waals surface area contributed by atoms with Gasteiger partial charge < -0.3 is 18.8 Å². The van der Waals surface area contributed by atoms with Gasteiger partial charge in [0.05, 0.1) is 5.02 Å². The molecule has 0 amide bonds. The SMILES string of the molecule is CCc1cc2c(CSc3nnc(-c4ccccc4Cl)n3CCCOC)cc(=O)oc2cc1O. The second-order valence-corrected chi connectivity index (χ2v) is 8.84. The zero-order valence-corrected chi connectivity index (χ0v) is 19.9. The van der Waals surface area contributed by atoms with Crippen LogP contribution in [0.1, 0.15) is 24.5 Å². The van der Waals surface area contributed by atoms with Crippen LogP contribution in [0.5, 0.6) is 5.75 Å². The Morgan fingerprint density at radius 3 is 2.76 bits per heavy atom. The average Bonchev–Trinajstić information content (AvgIpc) is 3.20. The molecule has 0 atom stereocenters. The van der Waals surface area contributed by atoms with Gasteiger partial charge in [-0.05, 0) is 42.2 Å². The van der Waals surface area contributed by atoms with Gasteiger partial charge in [-0.15, -0.1) is 10.2 Å². The molecule has 2 aromatic carbocycles. The van der Waals surface area contributed by atoms with Gasteiger partial charge in [-0.2, -0.15) is 0 Å². The maximum Gasteiger partial charge on any atom is 0.336 e. The fourth-order valence-electron chi connectivity index (χ4n) is 3.66. The van der Waals surface area contributed by atoms with Crippen LogP contribution in [-0.4, -0.2) is 33.6 Å². The highest BCUT2D eigenvalue weighted by Crippen LogP contribution is 2.33. The summed E-state index contributed by atoms with van der Waals surface area (Å²) < 4.78 is 12.6. The number of nitrogens with zero attached hydrogens (tertiary/aromatic N) is 3. The van der Waals surface area contributed by atoms with Crippen molar-refractivity contribution in [2.75, 3.05) is 13.7 Å². The fraction of sp³-hybridized carbons (Fsp3) is 0.292. The lowest BCUT2D eigenvalue weighted by atomic mass is 10.1. The zero-order chi connectivity index (χ0) is 23.4. The van der Waals surface area contributed by atoms with Gasteiger partial charge in [-0.1, -0.05) is 42.4 Å².